The first-order chi connectivity index (χ1) is 8.43. The van der Waals surface area contributed by atoms with Gasteiger partial charge in [0.25, 0.3) is 0 Å². The standard InChI is InChI=1S/C12H22N4O2/c1-8(2)7-17-5-6-18-12-10(11(13)14)9(3)15-16(12)4/h8H,5-7H2,1-4H3,(H3,13,14). The predicted molar refractivity (Wildman–Crippen MR) is 70.1 cm³/mol. The fourth-order valence-corrected chi connectivity index (χ4v) is 1.63. The zero-order valence-corrected chi connectivity index (χ0v) is 11.5. The molecule has 0 unspecified atom stereocenters. The Morgan fingerprint density at radius 1 is 1.44 bits per heavy atom. The zero-order chi connectivity index (χ0) is 13.7. The molecule has 1 rings (SSSR count). The first-order valence-corrected chi connectivity index (χ1v) is 6.02. The molecule has 0 aliphatic heterocycles. The van der Waals surface area contributed by atoms with Crippen molar-refractivity contribution in [3.63, 3.8) is 0 Å². The number of hydrogen-bond acceptors (Lipinski definition) is 4. The lowest BCUT2D eigenvalue weighted by Crippen LogP contribution is -2.16. The van der Waals surface area contributed by atoms with Crippen molar-refractivity contribution < 1.29 is 9.47 Å². The molecule has 0 atom stereocenters. The zero-order valence-electron chi connectivity index (χ0n) is 11.5. The van der Waals surface area contributed by atoms with Crippen molar-refractivity contribution in [1.82, 2.24) is 9.78 Å². The lowest BCUT2D eigenvalue weighted by atomic mass is 10.2. The van der Waals surface area contributed by atoms with Crippen LogP contribution in [-0.2, 0) is 11.8 Å². The van der Waals surface area contributed by atoms with Crippen molar-refractivity contribution in [3.8, 4) is 5.88 Å². The Morgan fingerprint density at radius 3 is 2.67 bits per heavy atom. The van der Waals surface area contributed by atoms with Crippen molar-refractivity contribution in [2.45, 2.75) is 20.8 Å². The third-order valence-corrected chi connectivity index (χ3v) is 2.36. The number of nitrogen functional groups attached to an aromatic ring is 1. The number of rotatable bonds is 7. The Hall–Kier alpha value is -1.56. The van der Waals surface area contributed by atoms with Crippen LogP contribution in [0.5, 0.6) is 5.88 Å². The fraction of sp³-hybridized carbons (Fsp3) is 0.667. The highest BCUT2D eigenvalue weighted by atomic mass is 16.5. The second-order valence-corrected chi connectivity index (χ2v) is 4.62. The van der Waals surface area contributed by atoms with E-state index in [0.29, 0.717) is 42.9 Å². The molecule has 0 aromatic carbocycles. The number of aryl methyl sites for hydroxylation is 2. The van der Waals surface area contributed by atoms with Crippen molar-refractivity contribution >= 4 is 5.84 Å². The molecule has 1 aromatic heterocycles. The maximum Gasteiger partial charge on any atom is 0.223 e. The fourth-order valence-electron chi connectivity index (χ4n) is 1.63. The van der Waals surface area contributed by atoms with Crippen LogP contribution in [0.1, 0.15) is 25.1 Å². The smallest absolute Gasteiger partial charge is 0.223 e. The van der Waals surface area contributed by atoms with Crippen molar-refractivity contribution in [2.24, 2.45) is 18.7 Å². The van der Waals surface area contributed by atoms with Gasteiger partial charge in [-0.2, -0.15) is 5.10 Å². The number of ether oxygens (including phenoxy) is 2. The maximum atomic E-state index is 7.52. The normalized spacial score (nSPS) is 10.9. The molecular formula is C12H22N4O2. The Bertz CT molecular complexity index is 412. The van der Waals surface area contributed by atoms with E-state index in [1.807, 2.05) is 0 Å². The van der Waals surface area contributed by atoms with E-state index in [9.17, 15) is 0 Å². The molecule has 0 fully saturated rings. The Balaban J connectivity index is 2.54. The SMILES string of the molecule is Cc1nn(C)c(OCCOCC(C)C)c1C(=N)N. The average molecular weight is 254 g/mol. The van der Waals surface area contributed by atoms with Crippen molar-refractivity contribution in [3.05, 3.63) is 11.3 Å². The van der Waals surface area contributed by atoms with Gasteiger partial charge in [-0.15, -0.1) is 0 Å². The summed E-state index contributed by atoms with van der Waals surface area (Å²) in [5, 5.41) is 11.7. The van der Waals surface area contributed by atoms with Gasteiger partial charge in [0, 0.05) is 13.7 Å². The minimum absolute atomic E-state index is 0.0290. The summed E-state index contributed by atoms with van der Waals surface area (Å²) in [5.74, 6) is 1.00. The topological polar surface area (TPSA) is 86.2 Å². The summed E-state index contributed by atoms with van der Waals surface area (Å²) in [5.41, 5.74) is 6.77. The average Bonchev–Trinajstić information content (AvgIpc) is 2.52. The molecule has 0 saturated carbocycles. The highest BCUT2D eigenvalue weighted by Crippen LogP contribution is 2.20. The van der Waals surface area contributed by atoms with Crippen LogP contribution in [0, 0.1) is 18.3 Å². The number of nitrogens with zero attached hydrogens (tertiary/aromatic N) is 2. The molecule has 0 amide bonds. The van der Waals surface area contributed by atoms with Gasteiger partial charge >= 0.3 is 0 Å². The molecule has 102 valence electrons. The first-order valence-electron chi connectivity index (χ1n) is 6.02. The summed E-state index contributed by atoms with van der Waals surface area (Å²) < 4.78 is 12.6. The monoisotopic (exact) mass is 254 g/mol. The maximum absolute atomic E-state index is 7.52. The van der Waals surface area contributed by atoms with Gasteiger partial charge in [0.1, 0.15) is 18.0 Å². The molecule has 0 aliphatic carbocycles. The predicted octanol–water partition coefficient (Wildman–Crippen LogP) is 1.06. The molecule has 0 saturated heterocycles. The molecule has 1 heterocycles. The van der Waals surface area contributed by atoms with E-state index in [0.717, 1.165) is 0 Å². The van der Waals surface area contributed by atoms with E-state index in [1.165, 1.54) is 0 Å². The number of hydrogen-bond donors (Lipinski definition) is 2. The summed E-state index contributed by atoms with van der Waals surface area (Å²) >= 11 is 0. The first kappa shape index (κ1) is 14.5. The van der Waals surface area contributed by atoms with Crippen LogP contribution in [-0.4, -0.2) is 35.4 Å². The van der Waals surface area contributed by atoms with Crippen LogP contribution in [0.25, 0.3) is 0 Å². The molecule has 0 aliphatic rings. The number of nitrogens with two attached hydrogens (primary N) is 1. The number of nitrogens with one attached hydrogen (secondary N) is 1. The van der Waals surface area contributed by atoms with Gasteiger partial charge in [0.2, 0.25) is 5.88 Å². The molecule has 3 N–H and O–H groups in total. The van der Waals surface area contributed by atoms with Crippen LogP contribution >= 0.6 is 0 Å². The van der Waals surface area contributed by atoms with Crippen LogP contribution in [0.2, 0.25) is 0 Å². The molecule has 0 bridgehead atoms. The number of amidine groups is 1. The molecule has 0 spiro atoms. The summed E-state index contributed by atoms with van der Waals surface area (Å²) in [4.78, 5) is 0. The summed E-state index contributed by atoms with van der Waals surface area (Å²) in [6.07, 6.45) is 0. The van der Waals surface area contributed by atoms with Gasteiger partial charge in [-0.3, -0.25) is 5.41 Å². The van der Waals surface area contributed by atoms with Crippen LogP contribution < -0.4 is 10.5 Å². The third kappa shape index (κ3) is 3.73. The lowest BCUT2D eigenvalue weighted by molar-refractivity contribution is 0.0793. The van der Waals surface area contributed by atoms with E-state index in [4.69, 9.17) is 20.6 Å². The van der Waals surface area contributed by atoms with Gasteiger partial charge in [-0.05, 0) is 12.8 Å². The van der Waals surface area contributed by atoms with Gasteiger partial charge in [-0.25, -0.2) is 4.68 Å². The molecule has 6 heteroatoms. The molecular weight excluding hydrogens is 232 g/mol. The molecule has 6 nitrogen and oxygen atoms in total. The van der Waals surface area contributed by atoms with Gasteiger partial charge in [0.05, 0.1) is 12.3 Å². The van der Waals surface area contributed by atoms with Crippen LogP contribution in [0.15, 0.2) is 0 Å². The van der Waals surface area contributed by atoms with Crippen LogP contribution in [0.3, 0.4) is 0 Å². The Morgan fingerprint density at radius 2 is 2.11 bits per heavy atom. The minimum atomic E-state index is -0.0290. The third-order valence-electron chi connectivity index (χ3n) is 2.36. The van der Waals surface area contributed by atoms with E-state index in [-0.39, 0.29) is 5.84 Å². The van der Waals surface area contributed by atoms with E-state index < -0.39 is 0 Å². The quantitative estimate of drug-likeness (QED) is 0.433. The highest BCUT2D eigenvalue weighted by Gasteiger charge is 2.16. The molecule has 0 radical (unpaired) electrons. The second-order valence-electron chi connectivity index (χ2n) is 4.62. The number of aromatic nitrogens is 2. The van der Waals surface area contributed by atoms with Gasteiger partial charge < -0.3 is 15.2 Å². The van der Waals surface area contributed by atoms with Gasteiger partial charge in [0.15, 0.2) is 0 Å². The van der Waals surface area contributed by atoms with Crippen molar-refractivity contribution in [2.75, 3.05) is 19.8 Å². The van der Waals surface area contributed by atoms with Crippen molar-refractivity contribution in [1.29, 1.82) is 5.41 Å². The summed E-state index contributed by atoms with van der Waals surface area (Å²) in [6, 6.07) is 0. The largest absolute Gasteiger partial charge is 0.475 e. The van der Waals surface area contributed by atoms with Gasteiger partial charge in [-0.1, -0.05) is 13.8 Å². The van der Waals surface area contributed by atoms with Crippen LogP contribution in [0.4, 0.5) is 0 Å². The highest BCUT2D eigenvalue weighted by molar-refractivity contribution is 5.98. The minimum Gasteiger partial charge on any atom is -0.475 e. The molecule has 18 heavy (non-hydrogen) atoms. The lowest BCUT2D eigenvalue weighted by Gasteiger charge is -2.10. The summed E-state index contributed by atoms with van der Waals surface area (Å²) in [7, 11) is 1.77. The second kappa shape index (κ2) is 6.39. The Kier molecular flexibility index (Phi) is 5.15. The van der Waals surface area contributed by atoms with E-state index in [2.05, 4.69) is 18.9 Å². The van der Waals surface area contributed by atoms with E-state index >= 15 is 0 Å². The summed E-state index contributed by atoms with van der Waals surface area (Å²) in [6.45, 7) is 7.65. The molecule has 1 aromatic rings. The van der Waals surface area contributed by atoms with E-state index in [1.54, 1.807) is 18.7 Å². The Labute approximate surface area is 108 Å².